The molecule has 0 atom stereocenters. The van der Waals surface area contributed by atoms with E-state index in [0.29, 0.717) is 0 Å². The highest BCUT2D eigenvalue weighted by atomic mass is 35.5. The summed E-state index contributed by atoms with van der Waals surface area (Å²) in [6, 6.07) is 10.1. The quantitative estimate of drug-likeness (QED) is 0.909. The summed E-state index contributed by atoms with van der Waals surface area (Å²) in [5.74, 6) is 0. The molecule has 0 fully saturated rings. The minimum absolute atomic E-state index is 0.761. The van der Waals surface area contributed by atoms with Gasteiger partial charge in [-0.1, -0.05) is 17.7 Å². The topological polar surface area (TPSA) is 28.2 Å². The van der Waals surface area contributed by atoms with Crippen molar-refractivity contribution in [3.63, 3.8) is 0 Å². The predicted octanol–water partition coefficient (Wildman–Crippen LogP) is 3.09. The summed E-state index contributed by atoms with van der Waals surface area (Å²) in [5.41, 5.74) is 3.62. The van der Waals surface area contributed by atoms with E-state index in [-0.39, 0.29) is 0 Å². The summed E-state index contributed by atoms with van der Waals surface area (Å²) in [4.78, 5) is 6.24. The monoisotopic (exact) mass is 275 g/mol. The van der Waals surface area contributed by atoms with Crippen LogP contribution in [0.2, 0.25) is 5.02 Å². The zero-order chi connectivity index (χ0) is 13.7. The molecule has 1 N–H and O–H groups in total. The van der Waals surface area contributed by atoms with Crippen molar-refractivity contribution in [2.75, 3.05) is 19.0 Å². The molecule has 0 unspecified atom stereocenters. The lowest BCUT2D eigenvalue weighted by atomic mass is 10.1. The van der Waals surface area contributed by atoms with Crippen LogP contribution in [0, 0.1) is 0 Å². The maximum Gasteiger partial charge on any atom is 0.0427 e. The fourth-order valence-electron chi connectivity index (χ4n) is 2.08. The maximum atomic E-state index is 6.11. The van der Waals surface area contributed by atoms with Crippen molar-refractivity contribution < 1.29 is 0 Å². The Balaban J connectivity index is 2.22. The third-order valence-electron chi connectivity index (χ3n) is 2.99. The van der Waals surface area contributed by atoms with E-state index in [1.54, 1.807) is 0 Å². The zero-order valence-corrected chi connectivity index (χ0v) is 12.0. The fourth-order valence-corrected chi connectivity index (χ4v) is 2.25. The van der Waals surface area contributed by atoms with Crippen LogP contribution in [0.15, 0.2) is 42.7 Å². The van der Waals surface area contributed by atoms with Crippen LogP contribution in [-0.4, -0.2) is 19.1 Å². The lowest BCUT2D eigenvalue weighted by molar-refractivity contribution is 0.805. The number of nitrogens with one attached hydrogen (secondary N) is 1. The van der Waals surface area contributed by atoms with Gasteiger partial charge in [0.25, 0.3) is 0 Å². The molecule has 1 aromatic carbocycles. The summed E-state index contributed by atoms with van der Waals surface area (Å²) >= 11 is 6.11. The lowest BCUT2D eigenvalue weighted by Gasteiger charge is -2.23. The second kappa shape index (κ2) is 6.55. The second-order valence-corrected chi connectivity index (χ2v) is 4.95. The average molecular weight is 276 g/mol. The first-order chi connectivity index (χ1) is 9.20. The molecule has 0 bridgehead atoms. The van der Waals surface area contributed by atoms with E-state index in [9.17, 15) is 0 Å². The molecule has 100 valence electrons. The van der Waals surface area contributed by atoms with Crippen LogP contribution in [0.1, 0.15) is 11.1 Å². The molecule has 0 spiro atoms. The molecule has 0 saturated carbocycles. The Morgan fingerprint density at radius 3 is 2.63 bits per heavy atom. The summed E-state index contributed by atoms with van der Waals surface area (Å²) in [5, 5.41) is 3.94. The maximum absolute atomic E-state index is 6.11. The first-order valence-corrected chi connectivity index (χ1v) is 6.61. The van der Waals surface area contributed by atoms with Gasteiger partial charge in [0.05, 0.1) is 0 Å². The Hall–Kier alpha value is -1.58. The molecule has 0 aliphatic rings. The molecule has 0 saturated heterocycles. The van der Waals surface area contributed by atoms with E-state index in [4.69, 9.17) is 11.6 Å². The van der Waals surface area contributed by atoms with Crippen molar-refractivity contribution in [1.82, 2.24) is 10.3 Å². The normalized spacial score (nSPS) is 10.5. The largest absolute Gasteiger partial charge is 0.370 e. The average Bonchev–Trinajstić information content (AvgIpc) is 2.42. The summed E-state index contributed by atoms with van der Waals surface area (Å²) in [6.45, 7) is 1.66. The van der Waals surface area contributed by atoms with Crippen LogP contribution < -0.4 is 10.2 Å². The van der Waals surface area contributed by atoms with E-state index in [0.717, 1.165) is 23.8 Å². The smallest absolute Gasteiger partial charge is 0.0427 e. The van der Waals surface area contributed by atoms with Crippen LogP contribution in [0.25, 0.3) is 0 Å². The molecule has 2 aromatic rings. The van der Waals surface area contributed by atoms with Crippen molar-refractivity contribution in [2.45, 2.75) is 13.1 Å². The number of benzene rings is 1. The van der Waals surface area contributed by atoms with Crippen LogP contribution in [-0.2, 0) is 13.1 Å². The highest BCUT2D eigenvalue weighted by Crippen LogP contribution is 2.25. The number of pyridine rings is 1. The molecule has 4 heteroatoms. The minimum atomic E-state index is 0.761. The first-order valence-electron chi connectivity index (χ1n) is 6.24. The van der Waals surface area contributed by atoms with Gasteiger partial charge in [0.15, 0.2) is 0 Å². The molecular weight excluding hydrogens is 258 g/mol. The van der Waals surface area contributed by atoms with E-state index in [1.165, 1.54) is 11.1 Å². The van der Waals surface area contributed by atoms with Crippen molar-refractivity contribution in [3.05, 3.63) is 58.9 Å². The van der Waals surface area contributed by atoms with Gasteiger partial charge in [-0.2, -0.15) is 0 Å². The summed E-state index contributed by atoms with van der Waals surface area (Å²) in [6.07, 6.45) is 3.63. The molecule has 19 heavy (non-hydrogen) atoms. The minimum Gasteiger partial charge on any atom is -0.370 e. The van der Waals surface area contributed by atoms with Crippen molar-refractivity contribution in [3.8, 4) is 0 Å². The van der Waals surface area contributed by atoms with Gasteiger partial charge in [0.1, 0.15) is 0 Å². The summed E-state index contributed by atoms with van der Waals surface area (Å²) in [7, 11) is 4.02. The Morgan fingerprint density at radius 2 is 1.95 bits per heavy atom. The van der Waals surface area contributed by atoms with Crippen LogP contribution >= 0.6 is 11.6 Å². The molecule has 0 radical (unpaired) electrons. The molecule has 3 nitrogen and oxygen atoms in total. The predicted molar refractivity (Wildman–Crippen MR) is 80.6 cm³/mol. The van der Waals surface area contributed by atoms with Gasteiger partial charge >= 0.3 is 0 Å². The number of halogens is 1. The Kier molecular flexibility index (Phi) is 4.77. The van der Waals surface area contributed by atoms with Gasteiger partial charge in [-0.05, 0) is 42.4 Å². The van der Waals surface area contributed by atoms with Crippen LogP contribution in [0.3, 0.4) is 0 Å². The lowest BCUT2D eigenvalue weighted by Crippen LogP contribution is -2.19. The van der Waals surface area contributed by atoms with Crippen LogP contribution in [0.5, 0.6) is 0 Å². The number of anilines is 1. The highest BCUT2D eigenvalue weighted by molar-refractivity contribution is 6.30. The standard InChI is InChI=1S/C15H18ClN3/c1-17-10-13-3-4-14(16)9-15(13)19(2)11-12-5-7-18-8-6-12/h3-9,17H,10-11H2,1-2H3. The highest BCUT2D eigenvalue weighted by Gasteiger charge is 2.08. The van der Waals surface area contributed by atoms with E-state index in [1.807, 2.05) is 43.7 Å². The number of nitrogens with zero attached hydrogens (tertiary/aromatic N) is 2. The van der Waals surface area contributed by atoms with Crippen molar-refractivity contribution in [2.24, 2.45) is 0 Å². The molecule has 0 amide bonds. The number of hydrogen-bond acceptors (Lipinski definition) is 3. The summed E-state index contributed by atoms with van der Waals surface area (Å²) < 4.78 is 0. The van der Waals surface area contributed by atoms with E-state index < -0.39 is 0 Å². The molecule has 2 rings (SSSR count). The van der Waals surface area contributed by atoms with Gasteiger partial charge in [-0.25, -0.2) is 0 Å². The van der Waals surface area contributed by atoms with Gasteiger partial charge in [0, 0.05) is 43.2 Å². The SMILES string of the molecule is CNCc1ccc(Cl)cc1N(C)Cc1ccncc1. The number of aromatic nitrogens is 1. The molecule has 0 aliphatic carbocycles. The van der Waals surface area contributed by atoms with Gasteiger partial charge in [-0.15, -0.1) is 0 Å². The fraction of sp³-hybridized carbons (Fsp3) is 0.267. The second-order valence-electron chi connectivity index (χ2n) is 4.51. The molecule has 0 aliphatic heterocycles. The molecule has 1 aromatic heterocycles. The third kappa shape index (κ3) is 3.69. The molecular formula is C15H18ClN3. The Bertz CT molecular complexity index is 528. The number of hydrogen-bond donors (Lipinski definition) is 1. The van der Waals surface area contributed by atoms with Gasteiger partial charge in [-0.3, -0.25) is 4.98 Å². The van der Waals surface area contributed by atoms with Crippen LogP contribution in [0.4, 0.5) is 5.69 Å². The zero-order valence-electron chi connectivity index (χ0n) is 11.2. The van der Waals surface area contributed by atoms with Crippen molar-refractivity contribution >= 4 is 17.3 Å². The Morgan fingerprint density at radius 1 is 1.21 bits per heavy atom. The number of rotatable bonds is 5. The van der Waals surface area contributed by atoms with Gasteiger partial charge < -0.3 is 10.2 Å². The Labute approximate surface area is 119 Å². The molecule has 1 heterocycles. The first kappa shape index (κ1) is 13.8. The van der Waals surface area contributed by atoms with Crippen molar-refractivity contribution in [1.29, 1.82) is 0 Å². The van der Waals surface area contributed by atoms with Gasteiger partial charge in [0.2, 0.25) is 0 Å². The van der Waals surface area contributed by atoms with E-state index in [2.05, 4.69) is 28.3 Å². The third-order valence-corrected chi connectivity index (χ3v) is 3.23. The van der Waals surface area contributed by atoms with E-state index >= 15 is 0 Å².